The van der Waals surface area contributed by atoms with E-state index in [2.05, 4.69) is 10.6 Å². The van der Waals surface area contributed by atoms with Gasteiger partial charge in [0.1, 0.15) is 0 Å². The van der Waals surface area contributed by atoms with Gasteiger partial charge in [-0.25, -0.2) is 4.90 Å². The number of imide groups is 1. The number of hydrogen-bond acceptors (Lipinski definition) is 4. The maximum absolute atomic E-state index is 13.0. The summed E-state index contributed by atoms with van der Waals surface area (Å²) >= 11 is 0. The van der Waals surface area contributed by atoms with Crippen LogP contribution in [-0.4, -0.2) is 17.7 Å². The number of benzene rings is 2. The number of nitrogens with zero attached hydrogens (tertiary/aromatic N) is 1. The quantitative estimate of drug-likeness (QED) is 0.775. The number of anilines is 2. The molecule has 2 aromatic rings. The minimum absolute atomic E-state index is 0.354. The molecule has 0 bridgehead atoms. The first-order valence-electron chi connectivity index (χ1n) is 7.19. The van der Waals surface area contributed by atoms with Crippen LogP contribution < -0.4 is 15.5 Å². The lowest BCUT2D eigenvalue weighted by Crippen LogP contribution is -2.61. The molecule has 4 rings (SSSR count). The highest BCUT2D eigenvalue weighted by molar-refractivity contribution is 6.24. The number of nitrogens with one attached hydrogen (secondary N) is 2. The van der Waals surface area contributed by atoms with E-state index in [0.29, 0.717) is 22.5 Å². The Kier molecular flexibility index (Phi) is 2.60. The fourth-order valence-electron chi connectivity index (χ4n) is 3.19. The summed E-state index contributed by atoms with van der Waals surface area (Å²) in [4.78, 5) is 38.5. The zero-order chi connectivity index (χ0) is 16.2. The first-order chi connectivity index (χ1) is 11.0. The summed E-state index contributed by atoms with van der Waals surface area (Å²) in [5.41, 5.74) is 0.614. The Labute approximate surface area is 132 Å². The number of carbonyl (C=O) groups is 3. The van der Waals surface area contributed by atoms with E-state index in [4.69, 9.17) is 0 Å². The van der Waals surface area contributed by atoms with Crippen LogP contribution in [0.3, 0.4) is 0 Å². The fourth-order valence-corrected chi connectivity index (χ4v) is 3.19. The number of para-hydroxylation sites is 2. The molecule has 2 aliphatic rings. The third kappa shape index (κ3) is 1.66. The second kappa shape index (κ2) is 4.42. The van der Waals surface area contributed by atoms with Crippen molar-refractivity contribution in [1.29, 1.82) is 0 Å². The van der Waals surface area contributed by atoms with Gasteiger partial charge in [-0.05, 0) is 18.2 Å². The number of amides is 3. The molecule has 2 N–H and O–H groups in total. The molecular weight excluding hydrogens is 294 g/mol. The van der Waals surface area contributed by atoms with Crippen molar-refractivity contribution in [3.63, 3.8) is 0 Å². The number of rotatable bonds is 0. The van der Waals surface area contributed by atoms with Crippen molar-refractivity contribution in [2.45, 2.75) is 12.6 Å². The summed E-state index contributed by atoms with van der Waals surface area (Å²) in [6.45, 7) is 1.33. The molecule has 6 nitrogen and oxygen atoms in total. The Morgan fingerprint density at radius 1 is 1.00 bits per heavy atom. The lowest BCUT2D eigenvalue weighted by atomic mass is 9.96. The summed E-state index contributed by atoms with van der Waals surface area (Å²) in [6, 6.07) is 13.9. The van der Waals surface area contributed by atoms with E-state index in [1.54, 1.807) is 48.5 Å². The predicted molar refractivity (Wildman–Crippen MR) is 83.8 cm³/mol. The molecule has 2 aromatic carbocycles. The molecule has 0 unspecified atom stereocenters. The van der Waals surface area contributed by atoms with Gasteiger partial charge in [0, 0.05) is 18.2 Å². The van der Waals surface area contributed by atoms with Gasteiger partial charge in [0.15, 0.2) is 0 Å². The summed E-state index contributed by atoms with van der Waals surface area (Å²) in [6.07, 6.45) is 0. The molecule has 0 fully saturated rings. The normalized spacial score (nSPS) is 21.5. The predicted octanol–water partition coefficient (Wildman–Crippen LogP) is 1.59. The monoisotopic (exact) mass is 307 g/mol. The first kappa shape index (κ1) is 13.5. The molecule has 6 heteroatoms. The van der Waals surface area contributed by atoms with Gasteiger partial charge in [-0.1, -0.05) is 30.3 Å². The van der Waals surface area contributed by atoms with Crippen LogP contribution in [0.25, 0.3) is 0 Å². The smallest absolute Gasteiger partial charge is 0.285 e. The highest BCUT2D eigenvalue weighted by atomic mass is 16.2. The Hall–Kier alpha value is -3.15. The van der Waals surface area contributed by atoms with Gasteiger partial charge >= 0.3 is 0 Å². The summed E-state index contributed by atoms with van der Waals surface area (Å²) in [5, 5.41) is 5.86. The summed E-state index contributed by atoms with van der Waals surface area (Å²) < 4.78 is 0. The summed E-state index contributed by atoms with van der Waals surface area (Å²) in [5.74, 6) is -1.25. The lowest BCUT2D eigenvalue weighted by Gasteiger charge is -2.36. The van der Waals surface area contributed by atoms with E-state index in [9.17, 15) is 14.4 Å². The second-order valence-electron chi connectivity index (χ2n) is 5.55. The highest BCUT2D eigenvalue weighted by Crippen LogP contribution is 2.43. The van der Waals surface area contributed by atoms with Crippen molar-refractivity contribution in [2.24, 2.45) is 0 Å². The van der Waals surface area contributed by atoms with Crippen molar-refractivity contribution in [1.82, 2.24) is 5.32 Å². The zero-order valence-corrected chi connectivity index (χ0v) is 12.3. The van der Waals surface area contributed by atoms with Crippen LogP contribution in [0.15, 0.2) is 48.5 Å². The third-order valence-electron chi connectivity index (χ3n) is 4.18. The number of carbonyl (C=O) groups excluding carboxylic acids is 3. The van der Waals surface area contributed by atoms with Crippen molar-refractivity contribution in [2.75, 3.05) is 10.2 Å². The van der Waals surface area contributed by atoms with Crippen molar-refractivity contribution >= 4 is 29.1 Å². The average Bonchev–Trinajstić information content (AvgIpc) is 2.77. The molecule has 23 heavy (non-hydrogen) atoms. The molecule has 0 saturated carbocycles. The van der Waals surface area contributed by atoms with E-state index < -0.39 is 17.5 Å². The molecule has 0 aromatic heterocycles. The summed E-state index contributed by atoms with van der Waals surface area (Å²) in [7, 11) is 0. The van der Waals surface area contributed by atoms with Crippen LogP contribution in [0.2, 0.25) is 0 Å². The van der Waals surface area contributed by atoms with Crippen LogP contribution in [0, 0.1) is 0 Å². The van der Waals surface area contributed by atoms with Crippen molar-refractivity contribution < 1.29 is 14.4 Å². The van der Waals surface area contributed by atoms with E-state index in [0.717, 1.165) is 4.90 Å². The van der Waals surface area contributed by atoms with Crippen LogP contribution in [0.1, 0.15) is 22.8 Å². The van der Waals surface area contributed by atoms with Gasteiger partial charge in [0.2, 0.25) is 11.6 Å². The van der Waals surface area contributed by atoms with Crippen LogP contribution in [0.4, 0.5) is 11.4 Å². The van der Waals surface area contributed by atoms with Gasteiger partial charge in [0.25, 0.3) is 11.8 Å². The molecule has 0 saturated heterocycles. The van der Waals surface area contributed by atoms with E-state index in [1.807, 2.05) is 0 Å². The Morgan fingerprint density at radius 3 is 2.48 bits per heavy atom. The molecule has 2 aliphatic heterocycles. The average molecular weight is 307 g/mol. The van der Waals surface area contributed by atoms with Crippen LogP contribution in [0.5, 0.6) is 0 Å². The molecular formula is C17H13N3O3. The fraction of sp³-hybridized carbons (Fsp3) is 0.118. The SMILES string of the molecule is CC(=O)N1C(=O)[C@]2(NC(=O)c3ccccc3N2)c2ccccc21. The Bertz CT molecular complexity index is 877. The standard InChI is InChI=1S/C17H13N3O3/c1-10(21)20-14-9-5-3-7-12(14)17(16(20)23)18-13-8-4-2-6-11(13)15(22)19-17/h2-9,18H,1H3,(H,19,22)/t17-/m1/s1. The molecule has 0 aliphatic carbocycles. The van der Waals surface area contributed by atoms with Gasteiger partial charge in [0.05, 0.1) is 11.3 Å². The maximum Gasteiger partial charge on any atom is 0.285 e. The largest absolute Gasteiger partial charge is 0.350 e. The zero-order valence-electron chi connectivity index (χ0n) is 12.3. The Balaban J connectivity index is 1.94. The molecule has 2 heterocycles. The minimum atomic E-state index is -1.45. The van der Waals surface area contributed by atoms with E-state index >= 15 is 0 Å². The minimum Gasteiger partial charge on any atom is -0.350 e. The number of hydrogen-bond donors (Lipinski definition) is 2. The van der Waals surface area contributed by atoms with Crippen LogP contribution in [-0.2, 0) is 15.3 Å². The molecule has 3 amide bonds. The van der Waals surface area contributed by atoms with E-state index in [1.165, 1.54) is 6.92 Å². The molecule has 1 atom stereocenters. The lowest BCUT2D eigenvalue weighted by molar-refractivity contribution is -0.128. The Morgan fingerprint density at radius 2 is 1.70 bits per heavy atom. The van der Waals surface area contributed by atoms with Crippen molar-refractivity contribution in [3.8, 4) is 0 Å². The van der Waals surface area contributed by atoms with Gasteiger partial charge in [-0.2, -0.15) is 0 Å². The third-order valence-corrected chi connectivity index (χ3v) is 4.18. The molecule has 114 valence electrons. The second-order valence-corrected chi connectivity index (χ2v) is 5.55. The number of fused-ring (bicyclic) bond motifs is 3. The maximum atomic E-state index is 13.0. The highest BCUT2D eigenvalue weighted by Gasteiger charge is 2.55. The van der Waals surface area contributed by atoms with Gasteiger partial charge in [-0.3, -0.25) is 14.4 Å². The van der Waals surface area contributed by atoms with Crippen LogP contribution >= 0.6 is 0 Å². The first-order valence-corrected chi connectivity index (χ1v) is 7.19. The van der Waals surface area contributed by atoms with Gasteiger partial charge in [-0.15, -0.1) is 0 Å². The molecule has 0 radical (unpaired) electrons. The topological polar surface area (TPSA) is 78.5 Å². The molecule has 1 spiro atoms. The van der Waals surface area contributed by atoms with E-state index in [-0.39, 0.29) is 5.91 Å². The van der Waals surface area contributed by atoms with Crippen molar-refractivity contribution in [3.05, 3.63) is 59.7 Å². The van der Waals surface area contributed by atoms with Gasteiger partial charge < -0.3 is 10.6 Å².